The van der Waals surface area contributed by atoms with Crippen molar-refractivity contribution in [3.05, 3.63) is 65.6 Å². The van der Waals surface area contributed by atoms with Gasteiger partial charge in [0.2, 0.25) is 17.6 Å². The fourth-order valence-corrected chi connectivity index (χ4v) is 12.0. The lowest BCUT2D eigenvalue weighted by molar-refractivity contribution is -0.265. The molecule has 0 spiro atoms. The van der Waals surface area contributed by atoms with Crippen LogP contribution < -0.4 is 16.0 Å². The number of aliphatic hydroxyl groups excluding tert-OH is 2. The van der Waals surface area contributed by atoms with Crippen molar-refractivity contribution in [1.82, 2.24) is 25.1 Å². The standard InChI is InChI=1S/C61H91N7O15/c1-36-15-11-10-12-16-37(2)50(79-8)31-45-20-18-41(6)61(78,83-45)56(74)57(75)68-22-14-13-17-47(68)58(76)81-51(32-48(70)38(3)28-40(5)54(72)55(73)53(71)39(4)27-36)46(62)29-43-19-21-49(52(30-43)80-9)82-60(77)65-35-44-33-63-59(64-34-44)67-25-23-66(24-26-67)42(7)69/h10-12,15-16,28,33-34,36,38-39,41,43,45-47,49-52,54-55,72-73,78H,13-14,17-27,29-32,35,62H2,1-9H3,(H,65,77)/b12-10?,15-11+,37-16?,40-28+/t36-,38-,39-,41-,43+,45+,46-,47+,49-,50+,51+,52-,54-,55+,61-/m1/s1. The van der Waals surface area contributed by atoms with E-state index < -0.39 is 120 Å². The number of Topliss-reactive ketones (excluding diaryl/α,β-unsaturated/α-hetero) is 3. The molecule has 22 heteroatoms. The monoisotopic (exact) mass is 1160 g/mol. The molecule has 4 aliphatic heterocycles. The van der Waals surface area contributed by atoms with Crippen LogP contribution in [0.5, 0.6) is 0 Å². The number of esters is 1. The van der Waals surface area contributed by atoms with E-state index in [1.165, 1.54) is 20.1 Å². The number of hydrogen-bond acceptors (Lipinski definition) is 19. The summed E-state index contributed by atoms with van der Waals surface area (Å²) in [5.41, 5.74) is 8.66. The number of ether oxygens (including phenoxy) is 5. The molecule has 1 aliphatic carbocycles. The first-order chi connectivity index (χ1) is 39.4. The molecule has 5 aliphatic rings. The molecule has 22 nitrogen and oxygen atoms in total. The van der Waals surface area contributed by atoms with Gasteiger partial charge in [-0.3, -0.25) is 24.0 Å². The van der Waals surface area contributed by atoms with Gasteiger partial charge in [-0.05, 0) is 101 Å². The molecule has 83 heavy (non-hydrogen) atoms. The lowest BCUT2D eigenvalue weighted by Crippen LogP contribution is -2.61. The zero-order valence-corrected chi connectivity index (χ0v) is 50.0. The van der Waals surface area contributed by atoms with Crippen LogP contribution in [0.3, 0.4) is 0 Å². The average molecular weight is 1160 g/mol. The zero-order chi connectivity index (χ0) is 60.7. The molecule has 4 fully saturated rings. The van der Waals surface area contributed by atoms with Gasteiger partial charge in [-0.2, -0.15) is 0 Å². The molecule has 5 heterocycles. The highest BCUT2D eigenvalue weighted by atomic mass is 16.6. The largest absolute Gasteiger partial charge is 0.459 e. The summed E-state index contributed by atoms with van der Waals surface area (Å²) in [4.78, 5) is 110. The highest BCUT2D eigenvalue weighted by molar-refractivity contribution is 6.39. The van der Waals surface area contributed by atoms with Gasteiger partial charge >= 0.3 is 12.1 Å². The van der Waals surface area contributed by atoms with E-state index >= 15 is 0 Å². The number of aliphatic hydroxyl groups is 3. The fourth-order valence-electron chi connectivity index (χ4n) is 12.0. The van der Waals surface area contributed by atoms with Gasteiger partial charge in [0.05, 0.1) is 18.3 Å². The summed E-state index contributed by atoms with van der Waals surface area (Å²) in [5, 5.41) is 37.2. The summed E-state index contributed by atoms with van der Waals surface area (Å²) in [6.07, 6.45) is 10.2. The Morgan fingerprint density at radius 3 is 2.23 bits per heavy atom. The number of hydrogen-bond donors (Lipinski definition) is 5. The van der Waals surface area contributed by atoms with Crippen molar-refractivity contribution >= 4 is 47.2 Å². The van der Waals surface area contributed by atoms with Gasteiger partial charge in [0.15, 0.2) is 5.78 Å². The van der Waals surface area contributed by atoms with Crippen LogP contribution in [0.2, 0.25) is 0 Å². The van der Waals surface area contributed by atoms with E-state index in [9.17, 15) is 48.9 Å². The van der Waals surface area contributed by atoms with Crippen LogP contribution in [0.15, 0.2) is 60.0 Å². The Labute approximate surface area is 488 Å². The van der Waals surface area contributed by atoms with Gasteiger partial charge in [-0.25, -0.2) is 19.6 Å². The Morgan fingerprint density at radius 2 is 1.55 bits per heavy atom. The summed E-state index contributed by atoms with van der Waals surface area (Å²) >= 11 is 0. The summed E-state index contributed by atoms with van der Waals surface area (Å²) in [5.74, 6) is -8.63. The number of alkyl carbamates (subject to hydrolysis) is 1. The van der Waals surface area contributed by atoms with E-state index in [0.717, 1.165) is 10.5 Å². The normalized spacial score (nSPS) is 34.2. The number of anilines is 1. The Balaban J connectivity index is 1.18. The second-order valence-electron chi connectivity index (χ2n) is 23.7. The number of ketones is 3. The number of aromatic nitrogens is 2. The molecule has 0 aromatic carbocycles. The van der Waals surface area contributed by atoms with Crippen molar-refractivity contribution in [3.8, 4) is 0 Å². The molecular formula is C61H91N7O15. The molecule has 3 amide bonds. The maximum Gasteiger partial charge on any atom is 0.407 e. The molecule has 15 atom stereocenters. The number of allylic oxidation sites excluding steroid dienone is 6. The first-order valence-corrected chi connectivity index (χ1v) is 29.6. The summed E-state index contributed by atoms with van der Waals surface area (Å²) in [6, 6.07) is -2.22. The maximum absolute atomic E-state index is 14.6. The number of cyclic esters (lactones) is 1. The predicted molar refractivity (Wildman–Crippen MR) is 307 cm³/mol. The quantitative estimate of drug-likeness (QED) is 0.128. The minimum atomic E-state index is -2.50. The van der Waals surface area contributed by atoms with E-state index in [1.54, 1.807) is 52.1 Å². The van der Waals surface area contributed by atoms with Crippen LogP contribution in [-0.4, -0.2) is 184 Å². The van der Waals surface area contributed by atoms with Gasteiger partial charge in [-0.15, -0.1) is 0 Å². The molecule has 2 bridgehead atoms. The lowest BCUT2D eigenvalue weighted by Gasteiger charge is -2.42. The SMILES string of the molecule is CO[C@H]1C[C@@H]2CC[C@@H](C)[C@@](O)(O2)C(=O)C(=O)N2CCCC[C@H]2C(=O)O[C@H]([C@H](N)C[C@@H]2CC[C@@H](OC(=O)NCc3cnc(N4CCN(C(C)=O)CC4)nc3)[C@H](OC)C2)CC(=O)[C@H](C)/C=C(\C)[C@@H](O)[C@@H](O)C(=O)[C@H](C)C[C@H](C)/C=C/C=CC=C1C. The lowest BCUT2D eigenvalue weighted by atomic mass is 9.80. The van der Waals surface area contributed by atoms with E-state index in [0.29, 0.717) is 89.1 Å². The minimum absolute atomic E-state index is 0.00776. The molecule has 0 unspecified atom stereocenters. The van der Waals surface area contributed by atoms with Crippen LogP contribution >= 0.6 is 0 Å². The Hall–Kier alpha value is -5.75. The number of fused-ring (bicyclic) bond motifs is 3. The second kappa shape index (κ2) is 30.9. The Kier molecular flexibility index (Phi) is 24.7. The third-order valence-electron chi connectivity index (χ3n) is 17.4. The van der Waals surface area contributed by atoms with Crippen LogP contribution in [0.4, 0.5) is 10.7 Å². The Morgan fingerprint density at radius 1 is 0.843 bits per heavy atom. The third-order valence-corrected chi connectivity index (χ3v) is 17.4. The number of nitrogens with two attached hydrogens (primary N) is 1. The van der Waals surface area contributed by atoms with Crippen molar-refractivity contribution in [3.63, 3.8) is 0 Å². The number of nitrogens with one attached hydrogen (secondary N) is 1. The second-order valence-corrected chi connectivity index (χ2v) is 23.7. The van der Waals surface area contributed by atoms with Crippen LogP contribution in [0, 0.1) is 29.6 Å². The van der Waals surface area contributed by atoms with E-state index in [2.05, 4.69) is 15.3 Å². The predicted octanol–water partition coefficient (Wildman–Crippen LogP) is 4.61. The number of piperidine rings is 1. The van der Waals surface area contributed by atoms with Gasteiger partial charge in [0, 0.05) is 115 Å². The van der Waals surface area contributed by atoms with E-state index in [-0.39, 0.29) is 55.7 Å². The van der Waals surface area contributed by atoms with Gasteiger partial charge in [0.25, 0.3) is 11.7 Å². The number of methoxy groups -OCH3 is 2. The van der Waals surface area contributed by atoms with Gasteiger partial charge in [-0.1, -0.05) is 64.2 Å². The number of carbonyl (C=O) groups is 7. The molecule has 0 radical (unpaired) electrons. The first-order valence-electron chi connectivity index (χ1n) is 29.6. The molecule has 1 aromatic heterocycles. The van der Waals surface area contributed by atoms with Crippen molar-refractivity contribution in [2.75, 3.05) is 51.8 Å². The molecular weight excluding hydrogens is 1070 g/mol. The van der Waals surface area contributed by atoms with Crippen molar-refractivity contribution in [2.24, 2.45) is 35.3 Å². The van der Waals surface area contributed by atoms with Gasteiger partial charge < -0.3 is 64.8 Å². The average Bonchev–Trinajstić information content (AvgIpc) is 3.65. The highest BCUT2D eigenvalue weighted by Gasteiger charge is 2.53. The molecule has 6 rings (SSSR count). The summed E-state index contributed by atoms with van der Waals surface area (Å²) < 4.78 is 29.9. The smallest absolute Gasteiger partial charge is 0.407 e. The number of piperazine rings is 1. The van der Waals surface area contributed by atoms with E-state index in [1.807, 2.05) is 49.1 Å². The minimum Gasteiger partial charge on any atom is -0.459 e. The number of amides is 3. The maximum atomic E-state index is 14.6. The molecule has 1 aromatic rings. The topological polar surface area (TPSA) is 300 Å². The van der Waals surface area contributed by atoms with Crippen molar-refractivity contribution in [2.45, 2.75) is 193 Å². The number of nitrogens with zero attached hydrogens (tertiary/aromatic N) is 5. The molecule has 3 saturated heterocycles. The molecule has 1 saturated carbocycles. The number of rotatable bonds is 9. The van der Waals surface area contributed by atoms with Gasteiger partial charge in [0.1, 0.15) is 36.2 Å². The van der Waals surface area contributed by atoms with Crippen LogP contribution in [0.1, 0.15) is 131 Å². The highest BCUT2D eigenvalue weighted by Crippen LogP contribution is 2.37. The summed E-state index contributed by atoms with van der Waals surface area (Å²) in [7, 11) is 3.07. The fraction of sp³-hybridized carbons (Fsp3) is 0.689. The zero-order valence-electron chi connectivity index (χ0n) is 50.0. The molecule has 460 valence electrons. The van der Waals surface area contributed by atoms with Crippen LogP contribution in [0.25, 0.3) is 0 Å². The first kappa shape index (κ1) is 66.4. The Bertz CT molecular complexity index is 2530. The van der Waals surface area contributed by atoms with Crippen molar-refractivity contribution in [1.29, 1.82) is 0 Å². The third kappa shape index (κ3) is 17.9. The van der Waals surface area contributed by atoms with Crippen LogP contribution in [-0.2, 0) is 59.0 Å². The number of carbonyl (C=O) groups excluding carboxylic acids is 7. The van der Waals surface area contributed by atoms with E-state index in [4.69, 9.17) is 29.4 Å². The molecule has 6 N–H and O–H groups in total. The van der Waals surface area contributed by atoms with Crippen molar-refractivity contribution < 1.29 is 72.6 Å². The summed E-state index contributed by atoms with van der Waals surface area (Å²) in [6.45, 7) is 14.3.